The highest BCUT2D eigenvalue weighted by Crippen LogP contribution is 2.67. The number of hydrogen-bond acceptors (Lipinski definition) is 7. The van der Waals surface area contributed by atoms with Gasteiger partial charge in [0, 0.05) is 20.8 Å². The minimum atomic E-state index is -2.79. The Bertz CT molecular complexity index is 2020. The van der Waals surface area contributed by atoms with Gasteiger partial charge in [-0.3, -0.25) is 24.1 Å². The molecule has 8 nitrogen and oxygen atoms in total. The van der Waals surface area contributed by atoms with Crippen molar-refractivity contribution in [3.05, 3.63) is 85.3 Å². The first-order valence-corrected chi connectivity index (χ1v) is 16.9. The smallest absolute Gasteiger partial charge is 0.258 e. The van der Waals surface area contributed by atoms with Gasteiger partial charge in [0.2, 0.25) is 17.6 Å². The van der Waals surface area contributed by atoms with Gasteiger partial charge in [-0.2, -0.15) is 0 Å². The van der Waals surface area contributed by atoms with Crippen molar-refractivity contribution < 1.29 is 51.0 Å². The highest BCUT2D eigenvalue weighted by atomic mass is 79.9. The van der Waals surface area contributed by atoms with Gasteiger partial charge < -0.3 is 9.84 Å². The molecule has 4 amide bonds. The summed E-state index contributed by atoms with van der Waals surface area (Å²) in [5, 5.41) is 13.2. The number of likely N-dealkylation sites (tertiary alicyclic amines) is 1. The minimum Gasteiger partial charge on any atom is -0.504 e. The van der Waals surface area contributed by atoms with Crippen molar-refractivity contribution >= 4 is 79.8 Å². The van der Waals surface area contributed by atoms with Gasteiger partial charge in [0.15, 0.2) is 44.5 Å². The number of anilines is 1. The normalized spacial score (nSPS) is 29.3. The summed E-state index contributed by atoms with van der Waals surface area (Å²) in [7, 11) is 1.22. The summed E-state index contributed by atoms with van der Waals surface area (Å²) >= 11 is 18.8. The van der Waals surface area contributed by atoms with Gasteiger partial charge in [-0.05, 0) is 42.3 Å². The zero-order valence-electron chi connectivity index (χ0n) is 24.7. The number of thiophene rings is 1. The number of nitrogens with zero attached hydrogens (tertiary/aromatic N) is 2. The van der Waals surface area contributed by atoms with E-state index in [4.69, 9.17) is 27.9 Å². The summed E-state index contributed by atoms with van der Waals surface area (Å²) in [6.45, 7) is -0.0334. The van der Waals surface area contributed by atoms with Crippen LogP contribution in [0, 0.1) is 46.8 Å². The fourth-order valence-electron chi connectivity index (χ4n) is 7.66. The lowest BCUT2D eigenvalue weighted by atomic mass is 9.56. The molecule has 2 saturated heterocycles. The number of phenolic OH excluding ortho intramolecular Hbond substituents is 1. The molecule has 0 unspecified atom stereocenters. The van der Waals surface area contributed by atoms with Crippen molar-refractivity contribution in [1.29, 1.82) is 0 Å². The van der Waals surface area contributed by atoms with Crippen molar-refractivity contribution in [2.75, 3.05) is 12.0 Å². The van der Waals surface area contributed by atoms with Crippen molar-refractivity contribution in [2.45, 2.75) is 35.1 Å². The van der Waals surface area contributed by atoms with Gasteiger partial charge in [-0.25, -0.2) is 26.9 Å². The van der Waals surface area contributed by atoms with Crippen LogP contribution in [0.3, 0.4) is 0 Å². The molecule has 2 aromatic carbocycles. The van der Waals surface area contributed by atoms with Crippen LogP contribution in [-0.4, -0.2) is 50.5 Å². The Kier molecular flexibility index (Phi) is 7.97. The molecular weight excluding hydrogens is 786 g/mol. The van der Waals surface area contributed by atoms with Gasteiger partial charge >= 0.3 is 0 Å². The molecule has 0 bridgehead atoms. The first kappa shape index (κ1) is 33.9. The molecule has 256 valence electrons. The molecule has 3 fully saturated rings. The van der Waals surface area contributed by atoms with Gasteiger partial charge in [0.05, 0.1) is 25.5 Å². The monoisotopic (exact) mass is 804 g/mol. The molecule has 17 heteroatoms. The minimum absolute atomic E-state index is 0.0316. The van der Waals surface area contributed by atoms with E-state index in [0.717, 1.165) is 4.90 Å². The van der Waals surface area contributed by atoms with E-state index in [1.165, 1.54) is 30.6 Å². The molecule has 1 N–H and O–H groups in total. The first-order valence-electron chi connectivity index (χ1n) is 14.5. The number of imide groups is 2. The predicted octanol–water partition coefficient (Wildman–Crippen LogP) is 6.68. The van der Waals surface area contributed by atoms with Crippen molar-refractivity contribution in [2.24, 2.45) is 17.8 Å². The number of benzene rings is 2. The highest BCUT2D eigenvalue weighted by Gasteiger charge is 2.77. The number of rotatable bonds is 5. The third-order valence-electron chi connectivity index (χ3n) is 9.81. The SMILES string of the molecule is COc1cc(Br)cc([C@H]2C3=CC[C@@H]4C(=O)N(Cc5cccs5)C(=O)[C@@H]4[C@@H]3C[C@@]3(Cl)C(=O)N(c4c(F)c(F)c(F)c(F)c4F)C(=O)[C@@]23Cl)c1O. The van der Waals surface area contributed by atoms with E-state index in [1.54, 1.807) is 23.6 Å². The third-order valence-corrected chi connectivity index (χ3v) is 12.5. The van der Waals surface area contributed by atoms with E-state index in [0.29, 0.717) is 4.88 Å². The molecule has 1 saturated carbocycles. The maximum atomic E-state index is 15.2. The molecular formula is C32H20BrCl2F5N2O6S. The number of carbonyl (C=O) groups excluding carboxylic acids is 4. The molecule has 0 radical (unpaired) electrons. The Morgan fingerprint density at radius 2 is 1.63 bits per heavy atom. The van der Waals surface area contributed by atoms with Gasteiger partial charge in [-0.1, -0.05) is 33.6 Å². The lowest BCUT2D eigenvalue weighted by molar-refractivity contribution is -0.141. The quantitative estimate of drug-likeness (QED) is 0.0771. The van der Waals surface area contributed by atoms with Gasteiger partial charge in [0.1, 0.15) is 5.69 Å². The summed E-state index contributed by atoms with van der Waals surface area (Å²) in [4.78, 5) is 52.4. The lowest BCUT2D eigenvalue weighted by Gasteiger charge is -2.50. The average molecular weight is 806 g/mol. The molecule has 6 atom stereocenters. The van der Waals surface area contributed by atoms with E-state index in [1.807, 2.05) is 0 Å². The Morgan fingerprint density at radius 1 is 0.980 bits per heavy atom. The maximum absolute atomic E-state index is 15.2. The number of phenols is 1. The van der Waals surface area contributed by atoms with Crippen LogP contribution in [0.5, 0.6) is 11.5 Å². The molecule has 2 aliphatic heterocycles. The number of aromatic hydroxyl groups is 1. The Hall–Kier alpha value is -3.53. The molecule has 3 aromatic rings. The molecule has 49 heavy (non-hydrogen) atoms. The van der Waals surface area contributed by atoms with Crippen LogP contribution in [0.15, 0.2) is 45.8 Å². The van der Waals surface area contributed by atoms with Crippen LogP contribution < -0.4 is 9.64 Å². The fraction of sp³-hybridized carbons (Fsp3) is 0.312. The van der Waals surface area contributed by atoms with Crippen LogP contribution in [0.25, 0.3) is 0 Å². The van der Waals surface area contributed by atoms with Crippen LogP contribution >= 0.6 is 50.5 Å². The van der Waals surface area contributed by atoms with E-state index < -0.39 is 104 Å². The Labute approximate surface area is 296 Å². The first-order chi connectivity index (χ1) is 23.1. The summed E-state index contributed by atoms with van der Waals surface area (Å²) in [5.74, 6) is -22.3. The van der Waals surface area contributed by atoms with E-state index in [9.17, 15) is 37.5 Å². The number of alkyl halides is 2. The van der Waals surface area contributed by atoms with Crippen LogP contribution in [-0.2, 0) is 25.7 Å². The zero-order chi connectivity index (χ0) is 35.5. The number of allylic oxidation sites excluding steroid dienone is 2. The lowest BCUT2D eigenvalue weighted by Crippen LogP contribution is -2.60. The second-order valence-corrected chi connectivity index (χ2v) is 15.3. The largest absolute Gasteiger partial charge is 0.504 e. The second kappa shape index (κ2) is 11.5. The number of fused-ring (bicyclic) bond motifs is 4. The van der Waals surface area contributed by atoms with Crippen LogP contribution in [0.1, 0.15) is 29.2 Å². The standard InChI is InChI=1S/C32H20BrCl2F5N2O6S/c1-48-17-8-11(33)7-15(26(17)43)19-13-4-5-14-18(28(45)41(27(14)44)10-12-3-2-6-49-12)16(13)9-31(34)29(46)42(30(47)32(19,31)35)25-23(39)21(37)20(36)22(38)24(25)40/h2-4,6-8,14,16,18-19,43H,5,9-10H2,1H3/t14-,16+,18-,19+,31+,32-/m0/s1. The number of carbonyl (C=O) groups is 4. The number of ether oxygens (including phenoxy) is 1. The van der Waals surface area contributed by atoms with E-state index in [-0.39, 0.29) is 39.2 Å². The molecule has 4 aliphatic rings. The summed E-state index contributed by atoms with van der Waals surface area (Å²) in [6.07, 6.45) is 0.856. The van der Waals surface area contributed by atoms with Gasteiger partial charge in [0.25, 0.3) is 11.8 Å². The molecule has 7 rings (SSSR count). The third kappa shape index (κ3) is 4.44. The maximum Gasteiger partial charge on any atom is 0.258 e. The van der Waals surface area contributed by atoms with E-state index >= 15 is 8.78 Å². The van der Waals surface area contributed by atoms with Crippen molar-refractivity contribution in [1.82, 2.24) is 4.90 Å². The predicted molar refractivity (Wildman–Crippen MR) is 169 cm³/mol. The topological polar surface area (TPSA) is 104 Å². The van der Waals surface area contributed by atoms with Crippen molar-refractivity contribution in [3.63, 3.8) is 0 Å². The Balaban J connectivity index is 1.45. The second-order valence-electron chi connectivity index (χ2n) is 12.1. The van der Waals surface area contributed by atoms with Gasteiger partial charge in [-0.15, -0.1) is 34.5 Å². The Morgan fingerprint density at radius 3 is 2.24 bits per heavy atom. The molecule has 0 spiro atoms. The van der Waals surface area contributed by atoms with Crippen LogP contribution in [0.4, 0.5) is 27.6 Å². The molecule has 2 aliphatic carbocycles. The summed E-state index contributed by atoms with van der Waals surface area (Å²) in [6, 6.07) is 6.17. The summed E-state index contributed by atoms with van der Waals surface area (Å²) < 4.78 is 78.9. The summed E-state index contributed by atoms with van der Waals surface area (Å²) in [5.41, 5.74) is -1.87. The average Bonchev–Trinajstić information content (AvgIpc) is 3.71. The van der Waals surface area contributed by atoms with E-state index in [2.05, 4.69) is 15.9 Å². The number of halogens is 8. The molecule has 1 aromatic heterocycles. The van der Waals surface area contributed by atoms with Crippen LogP contribution in [0.2, 0.25) is 0 Å². The number of methoxy groups -OCH3 is 1. The molecule has 3 heterocycles. The van der Waals surface area contributed by atoms with Crippen molar-refractivity contribution in [3.8, 4) is 11.5 Å². The number of hydrogen-bond donors (Lipinski definition) is 1. The fourth-order valence-corrected chi connectivity index (χ4v) is 9.74. The highest BCUT2D eigenvalue weighted by molar-refractivity contribution is 9.10. The number of amides is 4. The zero-order valence-corrected chi connectivity index (χ0v) is 28.6.